The minimum atomic E-state index is -3.63. The summed E-state index contributed by atoms with van der Waals surface area (Å²) in [5.41, 5.74) is 1.68. The van der Waals surface area contributed by atoms with E-state index in [1.165, 1.54) is 6.92 Å². The number of hydrogen-bond acceptors (Lipinski definition) is 5. The number of carbonyl (C=O) groups is 2. The van der Waals surface area contributed by atoms with Crippen molar-refractivity contribution in [2.24, 2.45) is 11.8 Å². The van der Waals surface area contributed by atoms with Crippen LogP contribution in [-0.2, 0) is 30.8 Å². The van der Waals surface area contributed by atoms with E-state index in [0.717, 1.165) is 56.4 Å². The Labute approximate surface area is 196 Å². The molecule has 1 aliphatic carbocycles. The number of nitrogens with zero attached hydrogens (tertiary/aromatic N) is 1. The van der Waals surface area contributed by atoms with E-state index < -0.39 is 10.0 Å². The number of rotatable bonds is 7. The van der Waals surface area contributed by atoms with Crippen LogP contribution < -0.4 is 14.9 Å². The van der Waals surface area contributed by atoms with Crippen LogP contribution in [0.4, 0.5) is 5.69 Å². The number of nitrogens with one attached hydrogen (secondary N) is 2. The molecule has 0 aromatic heterocycles. The van der Waals surface area contributed by atoms with Gasteiger partial charge >= 0.3 is 0 Å². The van der Waals surface area contributed by atoms with E-state index in [9.17, 15) is 18.0 Å². The first kappa shape index (κ1) is 24.2. The summed E-state index contributed by atoms with van der Waals surface area (Å²) in [6, 6.07) is 5.02. The maximum Gasteiger partial charge on any atom is 0.240 e. The molecule has 2 aliphatic heterocycles. The van der Waals surface area contributed by atoms with Gasteiger partial charge in [-0.15, -0.1) is 0 Å². The predicted molar refractivity (Wildman–Crippen MR) is 125 cm³/mol. The van der Waals surface area contributed by atoms with Gasteiger partial charge in [0.25, 0.3) is 0 Å². The molecule has 0 spiro atoms. The van der Waals surface area contributed by atoms with Gasteiger partial charge in [0.2, 0.25) is 21.8 Å². The summed E-state index contributed by atoms with van der Waals surface area (Å²) in [5, 5.41) is 3.02. The van der Waals surface area contributed by atoms with E-state index in [1.807, 2.05) is 6.92 Å². The van der Waals surface area contributed by atoms with Crippen molar-refractivity contribution in [3.8, 4) is 0 Å². The number of hydrogen-bond donors (Lipinski definition) is 2. The second-order valence-corrected chi connectivity index (χ2v) is 11.4. The van der Waals surface area contributed by atoms with Gasteiger partial charge in [-0.3, -0.25) is 9.59 Å². The zero-order valence-corrected chi connectivity index (χ0v) is 20.3. The first-order valence-corrected chi connectivity index (χ1v) is 13.5. The maximum atomic E-state index is 12.9. The van der Waals surface area contributed by atoms with Gasteiger partial charge in [-0.25, -0.2) is 13.1 Å². The third-order valence-corrected chi connectivity index (χ3v) is 8.64. The van der Waals surface area contributed by atoms with Crippen LogP contribution in [0.2, 0.25) is 0 Å². The Bertz CT molecular complexity index is 982. The minimum Gasteiger partial charge on any atom is -0.376 e. The molecule has 0 radical (unpaired) electrons. The molecule has 2 fully saturated rings. The van der Waals surface area contributed by atoms with Crippen LogP contribution in [0.1, 0.15) is 57.9 Å². The van der Waals surface area contributed by atoms with Crippen LogP contribution in [0.25, 0.3) is 0 Å². The molecule has 3 aliphatic rings. The van der Waals surface area contributed by atoms with Gasteiger partial charge in [0.15, 0.2) is 0 Å². The zero-order chi connectivity index (χ0) is 23.6. The summed E-state index contributed by atoms with van der Waals surface area (Å²) < 4.78 is 34.1. The molecule has 1 aromatic carbocycles. The predicted octanol–water partition coefficient (Wildman–Crippen LogP) is 2.36. The van der Waals surface area contributed by atoms with E-state index in [4.69, 9.17) is 4.74 Å². The molecule has 1 saturated heterocycles. The summed E-state index contributed by atoms with van der Waals surface area (Å²) >= 11 is 0. The molecular weight excluding hydrogens is 442 g/mol. The standard InChI is InChI=1S/C24H35N3O5S/c1-16-12-20-13-22(9-10-23(20)27(16)17(2)28)33(30,31)26-14-18-5-7-19(8-6-18)24(29)25-15-21-4-3-11-32-21/h9-10,13,16,18-19,21,26H,3-8,11-12,14-15H2,1-2H3,(H,25,29). The van der Waals surface area contributed by atoms with Gasteiger partial charge < -0.3 is 15.0 Å². The Kier molecular flexibility index (Phi) is 7.40. The molecule has 2 atom stereocenters. The molecule has 1 aromatic rings. The highest BCUT2D eigenvalue weighted by Gasteiger charge is 2.31. The second-order valence-electron chi connectivity index (χ2n) is 9.68. The zero-order valence-electron chi connectivity index (χ0n) is 19.5. The van der Waals surface area contributed by atoms with Crippen LogP contribution in [-0.4, -0.2) is 52.1 Å². The smallest absolute Gasteiger partial charge is 0.240 e. The van der Waals surface area contributed by atoms with E-state index in [2.05, 4.69) is 10.0 Å². The van der Waals surface area contributed by atoms with Crippen LogP contribution in [0.3, 0.4) is 0 Å². The van der Waals surface area contributed by atoms with Crippen molar-refractivity contribution >= 4 is 27.5 Å². The molecule has 2 amide bonds. The fourth-order valence-corrected chi connectivity index (χ4v) is 6.52. The molecule has 2 N–H and O–H groups in total. The first-order chi connectivity index (χ1) is 15.7. The highest BCUT2D eigenvalue weighted by molar-refractivity contribution is 7.89. The largest absolute Gasteiger partial charge is 0.376 e. The van der Waals surface area contributed by atoms with Gasteiger partial charge in [-0.05, 0) is 81.5 Å². The molecule has 33 heavy (non-hydrogen) atoms. The molecule has 182 valence electrons. The van der Waals surface area contributed by atoms with Crippen molar-refractivity contribution in [1.82, 2.24) is 10.0 Å². The van der Waals surface area contributed by atoms with E-state index in [-0.39, 0.29) is 40.7 Å². The quantitative estimate of drug-likeness (QED) is 0.627. The second kappa shape index (κ2) is 10.1. The molecular formula is C24H35N3O5S. The Balaban J connectivity index is 1.26. The molecule has 4 rings (SSSR count). The molecule has 0 bridgehead atoms. The Morgan fingerprint density at radius 1 is 1.12 bits per heavy atom. The number of amides is 2. The Hall–Kier alpha value is -1.97. The number of anilines is 1. The van der Waals surface area contributed by atoms with Crippen LogP contribution in [0, 0.1) is 11.8 Å². The third-order valence-electron chi connectivity index (χ3n) is 7.22. The Morgan fingerprint density at radius 3 is 2.55 bits per heavy atom. The third kappa shape index (κ3) is 5.58. The highest BCUT2D eigenvalue weighted by Crippen LogP contribution is 2.34. The number of sulfonamides is 1. The summed E-state index contributed by atoms with van der Waals surface area (Å²) in [4.78, 5) is 26.3. The summed E-state index contributed by atoms with van der Waals surface area (Å²) in [7, 11) is -3.63. The van der Waals surface area contributed by atoms with Crippen LogP contribution >= 0.6 is 0 Å². The van der Waals surface area contributed by atoms with Crippen LogP contribution in [0.5, 0.6) is 0 Å². The molecule has 8 nitrogen and oxygen atoms in total. The normalized spacial score (nSPS) is 27.4. The highest BCUT2D eigenvalue weighted by atomic mass is 32.2. The number of fused-ring (bicyclic) bond motifs is 1. The van der Waals surface area contributed by atoms with Crippen molar-refractivity contribution in [2.45, 2.75) is 75.8 Å². The van der Waals surface area contributed by atoms with Gasteiger partial charge in [0.1, 0.15) is 0 Å². The van der Waals surface area contributed by atoms with E-state index in [1.54, 1.807) is 23.1 Å². The monoisotopic (exact) mass is 477 g/mol. The number of ether oxygens (including phenoxy) is 1. The van der Waals surface area contributed by atoms with E-state index in [0.29, 0.717) is 19.5 Å². The van der Waals surface area contributed by atoms with Crippen molar-refractivity contribution in [3.63, 3.8) is 0 Å². The molecule has 1 saturated carbocycles. The molecule has 2 heterocycles. The fourth-order valence-electron chi connectivity index (χ4n) is 5.36. The van der Waals surface area contributed by atoms with Gasteiger partial charge in [-0.1, -0.05) is 0 Å². The maximum absolute atomic E-state index is 12.9. The summed E-state index contributed by atoms with van der Waals surface area (Å²) in [6.07, 6.45) is 6.08. The SMILES string of the molecule is CC(=O)N1c2ccc(S(=O)(=O)NCC3CCC(C(=O)NCC4CCCO4)CC3)cc2CC1C. The lowest BCUT2D eigenvalue weighted by Crippen LogP contribution is -2.38. The minimum absolute atomic E-state index is 0.00202. The number of benzene rings is 1. The lowest BCUT2D eigenvalue weighted by molar-refractivity contribution is -0.126. The van der Waals surface area contributed by atoms with Crippen molar-refractivity contribution in [1.29, 1.82) is 0 Å². The molecule has 9 heteroatoms. The Morgan fingerprint density at radius 2 is 1.88 bits per heavy atom. The fraction of sp³-hybridized carbons (Fsp3) is 0.667. The van der Waals surface area contributed by atoms with Crippen molar-refractivity contribution < 1.29 is 22.7 Å². The lowest BCUT2D eigenvalue weighted by atomic mass is 9.81. The number of carbonyl (C=O) groups excluding carboxylic acids is 2. The average molecular weight is 478 g/mol. The summed E-state index contributed by atoms with van der Waals surface area (Å²) in [5.74, 6) is 0.287. The van der Waals surface area contributed by atoms with Crippen molar-refractivity contribution in [2.75, 3.05) is 24.6 Å². The first-order valence-electron chi connectivity index (χ1n) is 12.1. The topological polar surface area (TPSA) is 105 Å². The van der Waals surface area contributed by atoms with Crippen molar-refractivity contribution in [3.05, 3.63) is 23.8 Å². The van der Waals surface area contributed by atoms with E-state index >= 15 is 0 Å². The summed E-state index contributed by atoms with van der Waals surface area (Å²) in [6.45, 7) is 5.23. The van der Waals surface area contributed by atoms with Gasteiger partial charge in [-0.2, -0.15) is 0 Å². The van der Waals surface area contributed by atoms with Gasteiger partial charge in [0.05, 0.1) is 11.0 Å². The average Bonchev–Trinajstić information content (AvgIpc) is 3.42. The lowest BCUT2D eigenvalue weighted by Gasteiger charge is -2.28. The molecule has 2 unspecified atom stereocenters. The van der Waals surface area contributed by atoms with Gasteiger partial charge in [0, 0.05) is 44.3 Å². The van der Waals surface area contributed by atoms with Crippen LogP contribution in [0.15, 0.2) is 23.1 Å².